The van der Waals surface area contributed by atoms with E-state index in [1.165, 1.54) is 16.4 Å². The minimum absolute atomic E-state index is 0.0858. The van der Waals surface area contributed by atoms with Crippen molar-refractivity contribution in [2.45, 2.75) is 31.7 Å². The van der Waals surface area contributed by atoms with E-state index >= 15 is 0 Å². The summed E-state index contributed by atoms with van der Waals surface area (Å²) in [6, 6.07) is 9.72. The maximum absolute atomic E-state index is 12.4. The monoisotopic (exact) mass is 379 g/mol. The molecule has 2 aromatic rings. The molecule has 0 spiro atoms. The van der Waals surface area contributed by atoms with Gasteiger partial charge in [0.05, 0.1) is 23.7 Å². The first kappa shape index (κ1) is 20.2. The van der Waals surface area contributed by atoms with Gasteiger partial charge in [0.2, 0.25) is 15.9 Å². The van der Waals surface area contributed by atoms with Gasteiger partial charge < -0.3 is 9.73 Å². The normalized spacial score (nSPS) is 12.9. The topological polar surface area (TPSA) is 91.7 Å². The molecule has 0 radical (unpaired) electrons. The molecule has 1 atom stereocenters. The third kappa shape index (κ3) is 4.94. The average molecular weight is 379 g/mol. The molecule has 0 aliphatic heterocycles. The Labute approximate surface area is 154 Å². The fourth-order valence-electron chi connectivity index (χ4n) is 2.51. The number of hydrogen-bond acceptors (Lipinski definition) is 5. The van der Waals surface area contributed by atoms with Crippen LogP contribution >= 0.6 is 0 Å². The number of nitrogens with one attached hydrogen (secondary N) is 2. The van der Waals surface area contributed by atoms with Crippen LogP contribution < -0.4 is 10.6 Å². The third-order valence-electron chi connectivity index (χ3n) is 4.02. The summed E-state index contributed by atoms with van der Waals surface area (Å²) in [7, 11) is -3.50. The van der Waals surface area contributed by atoms with E-state index in [2.05, 4.69) is 10.6 Å². The van der Waals surface area contributed by atoms with E-state index in [1.807, 2.05) is 13.0 Å². The third-order valence-corrected chi connectivity index (χ3v) is 6.08. The molecule has 0 aliphatic rings. The van der Waals surface area contributed by atoms with Crippen molar-refractivity contribution < 1.29 is 17.6 Å². The van der Waals surface area contributed by atoms with E-state index in [9.17, 15) is 13.2 Å². The summed E-state index contributed by atoms with van der Waals surface area (Å²) in [6.45, 7) is 6.44. The highest BCUT2D eigenvalue weighted by atomic mass is 32.2. The minimum atomic E-state index is -3.50. The van der Waals surface area contributed by atoms with Crippen molar-refractivity contribution in [2.75, 3.05) is 25.0 Å². The highest BCUT2D eigenvalue weighted by molar-refractivity contribution is 7.89. The molecule has 142 valence electrons. The summed E-state index contributed by atoms with van der Waals surface area (Å²) in [4.78, 5) is 12.3. The first-order valence-corrected chi connectivity index (χ1v) is 9.99. The molecule has 0 saturated carbocycles. The van der Waals surface area contributed by atoms with Crippen LogP contribution in [-0.4, -0.2) is 38.3 Å². The van der Waals surface area contributed by atoms with E-state index in [-0.39, 0.29) is 23.4 Å². The number of sulfonamides is 1. The van der Waals surface area contributed by atoms with Crippen molar-refractivity contribution in [2.24, 2.45) is 0 Å². The van der Waals surface area contributed by atoms with Gasteiger partial charge in [-0.15, -0.1) is 0 Å². The van der Waals surface area contributed by atoms with Crippen molar-refractivity contribution >= 4 is 21.6 Å². The van der Waals surface area contributed by atoms with E-state index in [4.69, 9.17) is 4.42 Å². The van der Waals surface area contributed by atoms with Crippen LogP contribution in [0.2, 0.25) is 0 Å². The summed E-state index contributed by atoms with van der Waals surface area (Å²) in [5, 5.41) is 5.80. The van der Waals surface area contributed by atoms with E-state index < -0.39 is 10.0 Å². The fourth-order valence-corrected chi connectivity index (χ4v) is 3.97. The molecule has 1 heterocycles. The van der Waals surface area contributed by atoms with Gasteiger partial charge in [0, 0.05) is 18.8 Å². The number of furan rings is 1. The van der Waals surface area contributed by atoms with Crippen LogP contribution in [0.3, 0.4) is 0 Å². The summed E-state index contributed by atoms with van der Waals surface area (Å²) in [6.07, 6.45) is 1.58. The summed E-state index contributed by atoms with van der Waals surface area (Å²) < 4.78 is 31.5. The molecule has 0 bridgehead atoms. The molecule has 26 heavy (non-hydrogen) atoms. The maximum Gasteiger partial charge on any atom is 0.243 e. The van der Waals surface area contributed by atoms with Crippen LogP contribution in [0.25, 0.3) is 0 Å². The van der Waals surface area contributed by atoms with Crippen LogP contribution in [0.1, 0.15) is 32.6 Å². The molecule has 1 aromatic heterocycles. The highest BCUT2D eigenvalue weighted by Crippen LogP contribution is 2.18. The Morgan fingerprint density at radius 3 is 2.35 bits per heavy atom. The number of benzene rings is 1. The van der Waals surface area contributed by atoms with Gasteiger partial charge in [-0.3, -0.25) is 10.1 Å². The zero-order valence-electron chi connectivity index (χ0n) is 15.2. The molecule has 2 rings (SSSR count). The van der Waals surface area contributed by atoms with Gasteiger partial charge in [-0.05, 0) is 43.3 Å². The van der Waals surface area contributed by atoms with Crippen molar-refractivity contribution in [3.05, 3.63) is 48.4 Å². The second-order valence-corrected chi connectivity index (χ2v) is 7.72. The Balaban J connectivity index is 1.93. The second kappa shape index (κ2) is 8.98. The SMILES string of the molecule is CCN(CC)S(=O)(=O)c1ccc(NC(=O)CN[C@H](C)c2ccco2)cc1. The standard InChI is InChI=1S/C18H25N3O4S/c1-4-21(5-2)26(23,24)16-10-8-15(9-11-16)20-18(22)13-19-14(3)17-7-6-12-25-17/h6-12,14,19H,4-5,13H2,1-3H3,(H,20,22)/t14-/m1/s1. The number of carbonyl (C=O) groups is 1. The quantitative estimate of drug-likeness (QED) is 0.699. The van der Waals surface area contributed by atoms with Gasteiger partial charge in [0.1, 0.15) is 5.76 Å². The predicted molar refractivity (Wildman–Crippen MR) is 100 cm³/mol. The van der Waals surface area contributed by atoms with Crippen molar-refractivity contribution in [3.63, 3.8) is 0 Å². The zero-order valence-corrected chi connectivity index (χ0v) is 16.0. The van der Waals surface area contributed by atoms with E-state index in [1.54, 1.807) is 38.3 Å². The smallest absolute Gasteiger partial charge is 0.243 e. The van der Waals surface area contributed by atoms with Gasteiger partial charge in [-0.1, -0.05) is 13.8 Å². The van der Waals surface area contributed by atoms with Crippen LogP contribution in [0.15, 0.2) is 52.0 Å². The molecular weight excluding hydrogens is 354 g/mol. The summed E-state index contributed by atoms with van der Waals surface area (Å²) in [5.74, 6) is 0.534. The van der Waals surface area contributed by atoms with Crippen LogP contribution in [0.5, 0.6) is 0 Å². The first-order chi connectivity index (χ1) is 12.4. The van der Waals surface area contributed by atoms with Gasteiger partial charge in [0.25, 0.3) is 0 Å². The Morgan fingerprint density at radius 1 is 1.15 bits per heavy atom. The van der Waals surface area contributed by atoms with E-state index in [0.717, 1.165) is 5.76 Å². The van der Waals surface area contributed by atoms with Crippen LogP contribution in [-0.2, 0) is 14.8 Å². The molecular formula is C18H25N3O4S. The largest absolute Gasteiger partial charge is 0.468 e. The fraction of sp³-hybridized carbons (Fsp3) is 0.389. The number of carbonyl (C=O) groups excluding carboxylic acids is 1. The highest BCUT2D eigenvalue weighted by Gasteiger charge is 2.21. The number of anilines is 1. The van der Waals surface area contributed by atoms with Crippen molar-refractivity contribution in [1.29, 1.82) is 0 Å². The lowest BCUT2D eigenvalue weighted by Crippen LogP contribution is -2.31. The molecule has 0 aliphatic carbocycles. The Hall–Kier alpha value is -2.16. The van der Waals surface area contributed by atoms with Gasteiger partial charge in [-0.25, -0.2) is 8.42 Å². The van der Waals surface area contributed by atoms with Crippen molar-refractivity contribution in [3.8, 4) is 0 Å². The van der Waals surface area contributed by atoms with Crippen LogP contribution in [0.4, 0.5) is 5.69 Å². The first-order valence-electron chi connectivity index (χ1n) is 8.55. The molecule has 1 aromatic carbocycles. The lowest BCUT2D eigenvalue weighted by atomic mass is 10.2. The maximum atomic E-state index is 12.4. The molecule has 0 saturated heterocycles. The Kier molecular flexibility index (Phi) is 6.96. The van der Waals surface area contributed by atoms with Gasteiger partial charge >= 0.3 is 0 Å². The molecule has 1 amide bonds. The number of amides is 1. The van der Waals surface area contributed by atoms with Crippen LogP contribution in [0, 0.1) is 0 Å². The molecule has 2 N–H and O–H groups in total. The van der Waals surface area contributed by atoms with Gasteiger partial charge in [0.15, 0.2) is 0 Å². The molecule has 0 unspecified atom stereocenters. The predicted octanol–water partition coefficient (Wildman–Crippen LogP) is 2.60. The minimum Gasteiger partial charge on any atom is -0.468 e. The Morgan fingerprint density at radius 2 is 1.81 bits per heavy atom. The number of hydrogen-bond donors (Lipinski definition) is 2. The average Bonchev–Trinajstić information content (AvgIpc) is 3.16. The lowest BCUT2D eigenvalue weighted by Gasteiger charge is -2.18. The second-order valence-electron chi connectivity index (χ2n) is 5.78. The molecule has 8 heteroatoms. The summed E-state index contributed by atoms with van der Waals surface area (Å²) >= 11 is 0. The summed E-state index contributed by atoms with van der Waals surface area (Å²) in [5.41, 5.74) is 0.543. The number of nitrogens with zero attached hydrogens (tertiary/aromatic N) is 1. The van der Waals surface area contributed by atoms with Crippen molar-refractivity contribution in [1.82, 2.24) is 9.62 Å². The lowest BCUT2D eigenvalue weighted by molar-refractivity contribution is -0.115. The Bertz CT molecular complexity index is 797. The van der Waals surface area contributed by atoms with E-state index in [0.29, 0.717) is 18.8 Å². The zero-order chi connectivity index (χ0) is 19.2. The molecule has 7 nitrogen and oxygen atoms in total. The molecule has 0 fully saturated rings. The number of rotatable bonds is 9. The van der Waals surface area contributed by atoms with Gasteiger partial charge in [-0.2, -0.15) is 4.31 Å².